The van der Waals surface area contributed by atoms with Gasteiger partial charge in [-0.15, -0.1) is 0 Å². The van der Waals surface area contributed by atoms with E-state index in [0.717, 1.165) is 17.6 Å². The van der Waals surface area contributed by atoms with Gasteiger partial charge in [-0.2, -0.15) is 0 Å². The molecule has 2 aliphatic heterocycles. The molecular formula is C17H28N2O. The van der Waals surface area contributed by atoms with Crippen LogP contribution in [0.4, 0.5) is 0 Å². The highest BCUT2D eigenvalue weighted by atomic mass is 16.3. The van der Waals surface area contributed by atoms with E-state index >= 15 is 0 Å². The Kier molecular flexibility index (Phi) is 3.91. The molecule has 3 unspecified atom stereocenters. The summed E-state index contributed by atoms with van der Waals surface area (Å²) in [6.45, 7) is 12.6. The van der Waals surface area contributed by atoms with Crippen molar-refractivity contribution < 1.29 is 4.42 Å². The Labute approximate surface area is 122 Å². The van der Waals surface area contributed by atoms with E-state index in [9.17, 15) is 0 Å². The molecule has 2 saturated heterocycles. The minimum Gasteiger partial charge on any atom is -0.466 e. The van der Waals surface area contributed by atoms with Gasteiger partial charge in [0.2, 0.25) is 0 Å². The lowest BCUT2D eigenvalue weighted by Gasteiger charge is -2.49. The molecule has 0 amide bonds. The van der Waals surface area contributed by atoms with Crippen molar-refractivity contribution in [2.45, 2.75) is 65.1 Å². The summed E-state index contributed by atoms with van der Waals surface area (Å²) in [5, 5.41) is 0. The first kappa shape index (κ1) is 14.2. The van der Waals surface area contributed by atoms with Crippen LogP contribution in [0.2, 0.25) is 0 Å². The topological polar surface area (TPSA) is 19.6 Å². The number of nitrogens with zero attached hydrogens (tertiary/aromatic N) is 2. The first-order chi connectivity index (χ1) is 9.56. The molecule has 0 N–H and O–H groups in total. The number of aryl methyl sites for hydroxylation is 2. The van der Waals surface area contributed by atoms with Crippen LogP contribution >= 0.6 is 0 Å². The van der Waals surface area contributed by atoms with Crippen LogP contribution < -0.4 is 0 Å². The molecule has 0 spiro atoms. The van der Waals surface area contributed by atoms with Crippen LogP contribution in [0.1, 0.15) is 56.2 Å². The molecule has 0 saturated carbocycles. The monoisotopic (exact) mass is 276 g/mol. The Hall–Kier alpha value is -0.800. The van der Waals surface area contributed by atoms with E-state index in [4.69, 9.17) is 4.42 Å². The van der Waals surface area contributed by atoms with Crippen molar-refractivity contribution in [2.75, 3.05) is 19.6 Å². The van der Waals surface area contributed by atoms with Crippen LogP contribution in [-0.2, 0) is 0 Å². The van der Waals surface area contributed by atoms with Gasteiger partial charge in [-0.25, -0.2) is 0 Å². The van der Waals surface area contributed by atoms with Gasteiger partial charge in [0.25, 0.3) is 0 Å². The molecule has 20 heavy (non-hydrogen) atoms. The lowest BCUT2D eigenvalue weighted by Crippen LogP contribution is -2.59. The molecule has 0 aromatic carbocycles. The van der Waals surface area contributed by atoms with Crippen LogP contribution in [0.5, 0.6) is 0 Å². The SMILES string of the molecule is Cc1cc(C(C)N2CC3CCCCN3CC2C)c(C)o1. The summed E-state index contributed by atoms with van der Waals surface area (Å²) in [4.78, 5) is 5.40. The highest BCUT2D eigenvalue weighted by Crippen LogP contribution is 2.32. The van der Waals surface area contributed by atoms with E-state index in [1.165, 1.54) is 44.5 Å². The molecule has 0 aliphatic carbocycles. The Balaban J connectivity index is 1.77. The molecule has 112 valence electrons. The predicted molar refractivity (Wildman–Crippen MR) is 82.0 cm³/mol. The van der Waals surface area contributed by atoms with E-state index in [1.54, 1.807) is 0 Å². The molecule has 2 aliphatic rings. The van der Waals surface area contributed by atoms with E-state index in [-0.39, 0.29) is 0 Å². The summed E-state index contributed by atoms with van der Waals surface area (Å²) in [5.74, 6) is 2.13. The number of fused-ring (bicyclic) bond motifs is 1. The van der Waals surface area contributed by atoms with Crippen molar-refractivity contribution in [2.24, 2.45) is 0 Å². The van der Waals surface area contributed by atoms with Crippen molar-refractivity contribution in [3.63, 3.8) is 0 Å². The highest BCUT2D eigenvalue weighted by Gasteiger charge is 2.35. The van der Waals surface area contributed by atoms with E-state index in [0.29, 0.717) is 12.1 Å². The zero-order valence-corrected chi connectivity index (χ0v) is 13.4. The first-order valence-corrected chi connectivity index (χ1v) is 8.13. The maximum absolute atomic E-state index is 5.73. The lowest BCUT2D eigenvalue weighted by molar-refractivity contribution is -0.00485. The van der Waals surface area contributed by atoms with Crippen molar-refractivity contribution in [3.05, 3.63) is 23.2 Å². The molecule has 2 fully saturated rings. The fraction of sp³-hybridized carbons (Fsp3) is 0.765. The summed E-state index contributed by atoms with van der Waals surface area (Å²) in [6.07, 6.45) is 4.17. The number of rotatable bonds is 2. The number of furan rings is 1. The molecule has 1 aromatic heterocycles. The second-order valence-electron chi connectivity index (χ2n) is 6.73. The molecule has 1 aromatic rings. The van der Waals surface area contributed by atoms with Gasteiger partial charge >= 0.3 is 0 Å². The summed E-state index contributed by atoms with van der Waals surface area (Å²) >= 11 is 0. The van der Waals surface area contributed by atoms with E-state index in [2.05, 4.69) is 36.6 Å². The Bertz CT molecular complexity index is 468. The summed E-state index contributed by atoms with van der Waals surface area (Å²) in [7, 11) is 0. The van der Waals surface area contributed by atoms with Gasteiger partial charge in [0, 0.05) is 36.8 Å². The number of piperazine rings is 1. The van der Waals surface area contributed by atoms with Crippen molar-refractivity contribution in [1.82, 2.24) is 9.80 Å². The van der Waals surface area contributed by atoms with Crippen LogP contribution in [-0.4, -0.2) is 41.5 Å². The third kappa shape index (κ3) is 2.53. The average molecular weight is 276 g/mol. The quantitative estimate of drug-likeness (QED) is 0.824. The van der Waals surface area contributed by atoms with Gasteiger partial charge in [-0.3, -0.25) is 9.80 Å². The molecule has 0 radical (unpaired) electrons. The molecule has 3 atom stereocenters. The summed E-state index contributed by atoms with van der Waals surface area (Å²) in [5.41, 5.74) is 1.37. The molecule has 3 heteroatoms. The minimum atomic E-state index is 0.464. The maximum Gasteiger partial charge on any atom is 0.105 e. The van der Waals surface area contributed by atoms with Gasteiger partial charge in [0.15, 0.2) is 0 Å². The van der Waals surface area contributed by atoms with Crippen molar-refractivity contribution >= 4 is 0 Å². The number of hydrogen-bond donors (Lipinski definition) is 0. The Morgan fingerprint density at radius 3 is 2.75 bits per heavy atom. The summed E-state index contributed by atoms with van der Waals surface area (Å²) < 4.78 is 5.73. The maximum atomic E-state index is 5.73. The Morgan fingerprint density at radius 2 is 2.05 bits per heavy atom. The zero-order valence-electron chi connectivity index (χ0n) is 13.4. The highest BCUT2D eigenvalue weighted by molar-refractivity contribution is 5.24. The van der Waals surface area contributed by atoms with Crippen LogP contribution in [0, 0.1) is 13.8 Å². The van der Waals surface area contributed by atoms with Crippen LogP contribution in [0.15, 0.2) is 10.5 Å². The van der Waals surface area contributed by atoms with Gasteiger partial charge in [0.1, 0.15) is 11.5 Å². The second kappa shape index (κ2) is 5.53. The zero-order chi connectivity index (χ0) is 14.3. The molecule has 0 bridgehead atoms. The number of piperidine rings is 1. The normalized spacial score (nSPS) is 30.2. The fourth-order valence-electron chi connectivity index (χ4n) is 4.16. The summed E-state index contributed by atoms with van der Waals surface area (Å²) in [6, 6.07) is 4.09. The van der Waals surface area contributed by atoms with Gasteiger partial charge in [-0.05, 0) is 53.1 Å². The Morgan fingerprint density at radius 1 is 1.25 bits per heavy atom. The first-order valence-electron chi connectivity index (χ1n) is 8.13. The van der Waals surface area contributed by atoms with Gasteiger partial charge in [-0.1, -0.05) is 6.42 Å². The molecule has 3 rings (SSSR count). The molecular weight excluding hydrogens is 248 g/mol. The smallest absolute Gasteiger partial charge is 0.105 e. The third-order valence-corrected chi connectivity index (χ3v) is 5.26. The van der Waals surface area contributed by atoms with Crippen LogP contribution in [0.3, 0.4) is 0 Å². The van der Waals surface area contributed by atoms with Crippen LogP contribution in [0.25, 0.3) is 0 Å². The van der Waals surface area contributed by atoms with Crippen molar-refractivity contribution in [1.29, 1.82) is 0 Å². The third-order valence-electron chi connectivity index (χ3n) is 5.26. The van der Waals surface area contributed by atoms with Crippen molar-refractivity contribution in [3.8, 4) is 0 Å². The largest absolute Gasteiger partial charge is 0.466 e. The predicted octanol–water partition coefficient (Wildman–Crippen LogP) is 3.52. The molecule has 3 heterocycles. The minimum absolute atomic E-state index is 0.464. The fourth-order valence-corrected chi connectivity index (χ4v) is 4.16. The standard InChI is InChI=1S/C17H28N2O/c1-12-10-18-8-6-5-7-16(18)11-19(12)14(3)17-9-13(2)20-15(17)4/h9,12,14,16H,5-8,10-11H2,1-4H3. The number of hydrogen-bond acceptors (Lipinski definition) is 3. The second-order valence-corrected chi connectivity index (χ2v) is 6.73. The van der Waals surface area contributed by atoms with E-state index < -0.39 is 0 Å². The van der Waals surface area contributed by atoms with Gasteiger partial charge in [0.05, 0.1) is 0 Å². The molecule has 3 nitrogen and oxygen atoms in total. The van der Waals surface area contributed by atoms with E-state index in [1.807, 2.05) is 6.92 Å². The van der Waals surface area contributed by atoms with Gasteiger partial charge < -0.3 is 4.42 Å². The lowest BCUT2D eigenvalue weighted by atomic mass is 9.94. The average Bonchev–Trinajstić information content (AvgIpc) is 2.76.